The van der Waals surface area contributed by atoms with Gasteiger partial charge in [-0.25, -0.2) is 4.98 Å². The Balaban J connectivity index is 1.45. The highest BCUT2D eigenvalue weighted by molar-refractivity contribution is 5.48. The van der Waals surface area contributed by atoms with Gasteiger partial charge in [0, 0.05) is 63.0 Å². The van der Waals surface area contributed by atoms with E-state index in [1.165, 1.54) is 5.69 Å². The molecule has 0 unspecified atom stereocenters. The number of β-amino-alcohol motifs (C(OH)–C–C–N with tert-alkyl or cyclic N) is 1. The van der Waals surface area contributed by atoms with Crippen LogP contribution in [-0.2, 0) is 0 Å². The lowest BCUT2D eigenvalue weighted by Gasteiger charge is -2.31. The molecule has 2 fully saturated rings. The molecular formula is C20H28N6O. The van der Waals surface area contributed by atoms with E-state index in [-0.39, 0.29) is 6.10 Å². The number of aromatic nitrogens is 3. The van der Waals surface area contributed by atoms with Gasteiger partial charge < -0.3 is 19.8 Å². The maximum atomic E-state index is 9.95. The molecule has 4 heterocycles. The third-order valence-corrected chi connectivity index (χ3v) is 5.37. The molecule has 7 nitrogen and oxygen atoms in total. The summed E-state index contributed by atoms with van der Waals surface area (Å²) in [6.07, 6.45) is 6.42. The lowest BCUT2D eigenvalue weighted by atomic mass is 10.1. The van der Waals surface area contributed by atoms with Crippen LogP contribution >= 0.6 is 0 Å². The van der Waals surface area contributed by atoms with Gasteiger partial charge in [-0.1, -0.05) is 0 Å². The number of aryl methyl sites for hydroxylation is 1. The first kappa shape index (κ1) is 18.0. The molecule has 2 aliphatic heterocycles. The van der Waals surface area contributed by atoms with E-state index in [0.29, 0.717) is 6.54 Å². The summed E-state index contributed by atoms with van der Waals surface area (Å²) >= 11 is 0. The number of anilines is 3. The van der Waals surface area contributed by atoms with Gasteiger partial charge in [0.1, 0.15) is 5.82 Å². The Bertz CT molecular complexity index is 770. The van der Waals surface area contributed by atoms with E-state index >= 15 is 0 Å². The molecule has 1 atom stereocenters. The zero-order chi connectivity index (χ0) is 18.6. The van der Waals surface area contributed by atoms with Crippen molar-refractivity contribution in [1.82, 2.24) is 15.0 Å². The number of aliphatic hydroxyl groups is 1. The number of rotatable bonds is 3. The van der Waals surface area contributed by atoms with Gasteiger partial charge >= 0.3 is 0 Å². The van der Waals surface area contributed by atoms with Gasteiger partial charge in [-0.15, -0.1) is 0 Å². The first-order valence-electron chi connectivity index (χ1n) is 9.88. The fourth-order valence-electron chi connectivity index (χ4n) is 3.93. The monoisotopic (exact) mass is 368 g/mol. The maximum absolute atomic E-state index is 9.95. The highest BCUT2D eigenvalue weighted by Crippen LogP contribution is 2.22. The Morgan fingerprint density at radius 1 is 0.926 bits per heavy atom. The highest BCUT2D eigenvalue weighted by Gasteiger charge is 2.21. The summed E-state index contributed by atoms with van der Waals surface area (Å²) in [4.78, 5) is 20.5. The van der Waals surface area contributed by atoms with E-state index in [4.69, 9.17) is 4.98 Å². The van der Waals surface area contributed by atoms with Gasteiger partial charge in [0.15, 0.2) is 0 Å². The summed E-state index contributed by atoms with van der Waals surface area (Å²) in [5, 5.41) is 9.95. The molecule has 1 N–H and O–H groups in total. The summed E-state index contributed by atoms with van der Waals surface area (Å²) < 4.78 is 0. The minimum Gasteiger partial charge on any atom is -0.391 e. The molecule has 0 saturated carbocycles. The summed E-state index contributed by atoms with van der Waals surface area (Å²) in [5.74, 6) is 1.71. The SMILES string of the molecule is Cc1cc(N2CCCN(c3nccc(N4CCC[C@@H](O)C4)n3)CC2)ccn1. The van der Waals surface area contributed by atoms with E-state index in [0.717, 1.165) is 69.4 Å². The Kier molecular flexibility index (Phi) is 5.38. The predicted octanol–water partition coefficient (Wildman–Crippen LogP) is 1.86. The van der Waals surface area contributed by atoms with Gasteiger partial charge in [-0.3, -0.25) is 4.98 Å². The van der Waals surface area contributed by atoms with E-state index in [1.807, 2.05) is 25.4 Å². The molecule has 0 radical (unpaired) electrons. The summed E-state index contributed by atoms with van der Waals surface area (Å²) in [6, 6.07) is 6.18. The number of hydrogen-bond donors (Lipinski definition) is 1. The highest BCUT2D eigenvalue weighted by atomic mass is 16.3. The number of hydrogen-bond acceptors (Lipinski definition) is 7. The second kappa shape index (κ2) is 8.08. The van der Waals surface area contributed by atoms with Gasteiger partial charge in [-0.2, -0.15) is 4.98 Å². The van der Waals surface area contributed by atoms with Crippen LogP contribution in [0.5, 0.6) is 0 Å². The molecule has 0 bridgehead atoms. The Morgan fingerprint density at radius 3 is 2.56 bits per heavy atom. The first-order valence-corrected chi connectivity index (χ1v) is 9.88. The molecule has 0 amide bonds. The Labute approximate surface area is 160 Å². The Morgan fingerprint density at radius 2 is 1.70 bits per heavy atom. The third kappa shape index (κ3) is 4.30. The van der Waals surface area contributed by atoms with Crippen LogP contribution in [0.2, 0.25) is 0 Å². The van der Waals surface area contributed by atoms with E-state index in [2.05, 4.69) is 36.8 Å². The zero-order valence-electron chi connectivity index (χ0n) is 16.0. The minimum absolute atomic E-state index is 0.257. The summed E-state index contributed by atoms with van der Waals surface area (Å²) in [7, 11) is 0. The second-order valence-electron chi connectivity index (χ2n) is 7.44. The van der Waals surface area contributed by atoms with Crippen molar-refractivity contribution in [3.8, 4) is 0 Å². The summed E-state index contributed by atoms with van der Waals surface area (Å²) in [6.45, 7) is 7.45. The third-order valence-electron chi connectivity index (χ3n) is 5.37. The Hall–Kier alpha value is -2.41. The van der Waals surface area contributed by atoms with Gasteiger partial charge in [-0.05, 0) is 44.4 Å². The van der Waals surface area contributed by atoms with Crippen molar-refractivity contribution in [2.24, 2.45) is 0 Å². The molecule has 0 aromatic carbocycles. The van der Waals surface area contributed by atoms with Crippen LogP contribution in [0.25, 0.3) is 0 Å². The van der Waals surface area contributed by atoms with Gasteiger partial charge in [0.25, 0.3) is 0 Å². The molecule has 4 rings (SSSR count). The van der Waals surface area contributed by atoms with Crippen LogP contribution in [0.15, 0.2) is 30.6 Å². The minimum atomic E-state index is -0.257. The molecule has 2 aromatic heterocycles. The van der Waals surface area contributed by atoms with Crippen molar-refractivity contribution < 1.29 is 5.11 Å². The average molecular weight is 368 g/mol. The van der Waals surface area contributed by atoms with Crippen molar-refractivity contribution in [3.05, 3.63) is 36.3 Å². The quantitative estimate of drug-likeness (QED) is 0.887. The predicted molar refractivity (Wildman–Crippen MR) is 108 cm³/mol. The van der Waals surface area contributed by atoms with Crippen LogP contribution in [0.1, 0.15) is 25.0 Å². The maximum Gasteiger partial charge on any atom is 0.227 e. The molecule has 7 heteroatoms. The molecule has 2 aromatic rings. The second-order valence-corrected chi connectivity index (χ2v) is 7.44. The molecule has 0 spiro atoms. The molecule has 2 aliphatic rings. The average Bonchev–Trinajstić information content (AvgIpc) is 2.94. The fraction of sp³-hybridized carbons (Fsp3) is 0.550. The molecule has 2 saturated heterocycles. The van der Waals surface area contributed by atoms with E-state index in [1.54, 1.807) is 0 Å². The standard InChI is InChI=1S/C20H28N6O/c1-16-14-17(5-7-21-16)24-10-3-11-25(13-12-24)20-22-8-6-19(23-20)26-9-2-4-18(27)15-26/h5-8,14,18,27H,2-4,9-13,15H2,1H3/t18-/m1/s1. The molecular weight excluding hydrogens is 340 g/mol. The van der Waals surface area contributed by atoms with Crippen molar-refractivity contribution in [2.45, 2.75) is 32.3 Å². The normalized spacial score (nSPS) is 21.3. The number of piperidine rings is 1. The lowest BCUT2D eigenvalue weighted by Crippen LogP contribution is -2.39. The van der Waals surface area contributed by atoms with Crippen molar-refractivity contribution in [2.75, 3.05) is 54.0 Å². The number of nitrogens with zero attached hydrogens (tertiary/aromatic N) is 6. The molecule has 27 heavy (non-hydrogen) atoms. The first-order chi connectivity index (χ1) is 13.2. The topological polar surface area (TPSA) is 68.6 Å². The van der Waals surface area contributed by atoms with Crippen LogP contribution < -0.4 is 14.7 Å². The largest absolute Gasteiger partial charge is 0.391 e. The van der Waals surface area contributed by atoms with Gasteiger partial charge in [0.05, 0.1) is 6.10 Å². The van der Waals surface area contributed by atoms with Crippen molar-refractivity contribution in [3.63, 3.8) is 0 Å². The van der Waals surface area contributed by atoms with Crippen LogP contribution in [0, 0.1) is 6.92 Å². The number of aliphatic hydroxyl groups excluding tert-OH is 1. The molecule has 144 valence electrons. The van der Waals surface area contributed by atoms with Crippen LogP contribution in [0.3, 0.4) is 0 Å². The van der Waals surface area contributed by atoms with E-state index in [9.17, 15) is 5.11 Å². The van der Waals surface area contributed by atoms with Crippen molar-refractivity contribution >= 4 is 17.5 Å². The van der Waals surface area contributed by atoms with E-state index < -0.39 is 0 Å². The van der Waals surface area contributed by atoms with Crippen LogP contribution in [-0.4, -0.2) is 65.4 Å². The zero-order valence-corrected chi connectivity index (χ0v) is 16.0. The van der Waals surface area contributed by atoms with Crippen LogP contribution in [0.4, 0.5) is 17.5 Å². The molecule has 0 aliphatic carbocycles. The lowest BCUT2D eigenvalue weighted by molar-refractivity contribution is 0.154. The fourth-order valence-corrected chi connectivity index (χ4v) is 3.93. The van der Waals surface area contributed by atoms with Gasteiger partial charge in [0.2, 0.25) is 5.95 Å². The number of pyridine rings is 1. The summed E-state index contributed by atoms with van der Waals surface area (Å²) in [5.41, 5.74) is 2.29. The smallest absolute Gasteiger partial charge is 0.227 e. The van der Waals surface area contributed by atoms with Crippen molar-refractivity contribution in [1.29, 1.82) is 0 Å².